The van der Waals surface area contributed by atoms with Gasteiger partial charge in [-0.1, -0.05) is 39.3 Å². The molecule has 0 fully saturated rings. The molecule has 1 unspecified atom stereocenters. The number of ether oxygens (including phenoxy) is 1. The summed E-state index contributed by atoms with van der Waals surface area (Å²) < 4.78 is 14.4. The lowest BCUT2D eigenvalue weighted by Gasteiger charge is -2.39. The molecule has 11 nitrogen and oxygen atoms in total. The van der Waals surface area contributed by atoms with Gasteiger partial charge in [0.1, 0.15) is 18.2 Å². The summed E-state index contributed by atoms with van der Waals surface area (Å²) in [6.07, 6.45) is 2.97. The predicted octanol–water partition coefficient (Wildman–Crippen LogP) is 8.15. The Hall–Kier alpha value is -4.44. The fourth-order valence-corrected chi connectivity index (χ4v) is 7.05. The number of benzene rings is 2. The van der Waals surface area contributed by atoms with E-state index in [1.165, 1.54) is 0 Å². The Balaban J connectivity index is 1.56. The van der Waals surface area contributed by atoms with Crippen molar-refractivity contribution < 1.29 is 18.8 Å². The van der Waals surface area contributed by atoms with Crippen LogP contribution in [0, 0.1) is 11.3 Å². The molecule has 1 atom stereocenters. The average molecular weight is 716 g/mol. The molecule has 4 aromatic rings. The van der Waals surface area contributed by atoms with Crippen LogP contribution in [0.5, 0.6) is 0 Å². The molecular formula is C37H46ClN7O4Si. The number of nitriles is 1. The number of fused-ring (bicyclic) bond motifs is 2. The summed E-state index contributed by atoms with van der Waals surface area (Å²) in [5.41, 5.74) is 3.07. The molecule has 0 radical (unpaired) electrons. The highest BCUT2D eigenvalue weighted by Crippen LogP contribution is 2.47. The zero-order valence-electron chi connectivity index (χ0n) is 30.5. The van der Waals surface area contributed by atoms with E-state index in [0.29, 0.717) is 52.3 Å². The van der Waals surface area contributed by atoms with Crippen molar-refractivity contribution in [3.8, 4) is 17.3 Å². The number of nitrogens with zero attached hydrogens (tertiary/aromatic N) is 5. The summed E-state index contributed by atoms with van der Waals surface area (Å²) in [5, 5.41) is 17.7. The lowest BCUT2D eigenvalue weighted by Crippen LogP contribution is -2.46. The summed E-state index contributed by atoms with van der Waals surface area (Å²) in [6.45, 7) is 19.3. The molecule has 3 heterocycles. The normalized spacial score (nSPS) is 16.2. The SMILES string of the molecule is CNC(=O)Cn1ccc2c(Nc3nccc(-c4cc(C#N)c5c(c4)C(C)(CO[Si](C)(C)C(C)(C)C)CN5C(=O)OC(C)(C)C)n3)cc(Cl)cc21. The highest BCUT2D eigenvalue weighted by Gasteiger charge is 2.47. The van der Waals surface area contributed by atoms with Gasteiger partial charge in [0.2, 0.25) is 11.9 Å². The van der Waals surface area contributed by atoms with Crippen LogP contribution in [-0.2, 0) is 25.9 Å². The molecule has 2 aromatic heterocycles. The van der Waals surface area contributed by atoms with Gasteiger partial charge in [-0.15, -0.1) is 0 Å². The van der Waals surface area contributed by atoms with Gasteiger partial charge in [0, 0.05) is 54.0 Å². The van der Waals surface area contributed by atoms with Crippen molar-refractivity contribution >= 4 is 60.1 Å². The molecule has 2 aromatic carbocycles. The van der Waals surface area contributed by atoms with Crippen LogP contribution in [0.15, 0.2) is 48.8 Å². The first-order valence-corrected chi connectivity index (χ1v) is 19.9. The third kappa shape index (κ3) is 7.50. The second-order valence-corrected chi connectivity index (χ2v) is 20.8. The molecular weight excluding hydrogens is 670 g/mol. The predicted molar refractivity (Wildman–Crippen MR) is 201 cm³/mol. The fourth-order valence-electron chi connectivity index (χ4n) is 5.72. The van der Waals surface area contributed by atoms with Crippen molar-refractivity contribution in [3.63, 3.8) is 0 Å². The summed E-state index contributed by atoms with van der Waals surface area (Å²) in [4.78, 5) is 36.6. The van der Waals surface area contributed by atoms with Crippen molar-refractivity contribution in [2.24, 2.45) is 0 Å². The van der Waals surface area contributed by atoms with Crippen LogP contribution in [0.4, 0.5) is 22.1 Å². The third-order valence-electron chi connectivity index (χ3n) is 9.47. The van der Waals surface area contributed by atoms with E-state index in [1.807, 2.05) is 49.7 Å². The molecule has 264 valence electrons. The number of rotatable bonds is 8. The smallest absolute Gasteiger partial charge is 0.414 e. The first-order chi connectivity index (χ1) is 23.2. The molecule has 0 spiro atoms. The van der Waals surface area contributed by atoms with E-state index >= 15 is 0 Å². The molecule has 0 saturated heterocycles. The van der Waals surface area contributed by atoms with E-state index in [-0.39, 0.29) is 17.5 Å². The molecule has 1 aliphatic heterocycles. The fraction of sp³-hybridized carbons (Fsp3) is 0.432. The quantitative estimate of drug-likeness (QED) is 0.175. The Kier molecular flexibility index (Phi) is 9.84. The molecule has 0 aliphatic carbocycles. The van der Waals surface area contributed by atoms with E-state index in [0.717, 1.165) is 16.5 Å². The van der Waals surface area contributed by atoms with Crippen LogP contribution in [-0.4, -0.2) is 60.7 Å². The Morgan fingerprint density at radius 2 is 1.84 bits per heavy atom. The number of likely N-dealkylation sites (N-methyl/N-ethyl adjacent to an activating group) is 1. The molecule has 2 N–H and O–H groups in total. The van der Waals surface area contributed by atoms with Gasteiger partial charge >= 0.3 is 6.09 Å². The lowest BCUT2D eigenvalue weighted by atomic mass is 9.83. The zero-order chi connectivity index (χ0) is 36.8. The van der Waals surface area contributed by atoms with Gasteiger partial charge in [-0.05, 0) is 80.9 Å². The van der Waals surface area contributed by atoms with Crippen LogP contribution in [0.2, 0.25) is 23.2 Å². The second-order valence-electron chi connectivity index (χ2n) is 15.6. The van der Waals surface area contributed by atoms with E-state index in [4.69, 9.17) is 25.7 Å². The van der Waals surface area contributed by atoms with Gasteiger partial charge in [-0.25, -0.2) is 14.8 Å². The van der Waals surface area contributed by atoms with Crippen molar-refractivity contribution in [1.29, 1.82) is 5.26 Å². The third-order valence-corrected chi connectivity index (χ3v) is 14.2. The number of carbonyl (C=O) groups excluding carboxylic acids is 2. The van der Waals surface area contributed by atoms with E-state index < -0.39 is 25.4 Å². The largest absolute Gasteiger partial charge is 0.443 e. The van der Waals surface area contributed by atoms with Crippen LogP contribution in [0.1, 0.15) is 59.6 Å². The summed E-state index contributed by atoms with van der Waals surface area (Å²) in [5.74, 6) is 0.194. The zero-order valence-corrected chi connectivity index (χ0v) is 32.2. The van der Waals surface area contributed by atoms with Crippen molar-refractivity contribution in [2.45, 2.75) is 84.2 Å². The van der Waals surface area contributed by atoms with Gasteiger partial charge in [-0.2, -0.15) is 5.26 Å². The molecule has 1 aliphatic rings. The minimum Gasteiger partial charge on any atom is -0.443 e. The topological polar surface area (TPSA) is 134 Å². The number of anilines is 3. The summed E-state index contributed by atoms with van der Waals surface area (Å²) in [7, 11) is -0.567. The number of carbonyl (C=O) groups is 2. The van der Waals surface area contributed by atoms with Crippen LogP contribution < -0.4 is 15.5 Å². The molecule has 5 rings (SSSR count). The van der Waals surface area contributed by atoms with E-state index in [9.17, 15) is 14.9 Å². The number of amides is 2. The Morgan fingerprint density at radius 1 is 1.12 bits per heavy atom. The highest BCUT2D eigenvalue weighted by molar-refractivity contribution is 6.74. The van der Waals surface area contributed by atoms with Gasteiger partial charge in [-0.3, -0.25) is 9.69 Å². The lowest BCUT2D eigenvalue weighted by molar-refractivity contribution is -0.121. The van der Waals surface area contributed by atoms with Gasteiger partial charge in [0.25, 0.3) is 0 Å². The molecule has 13 heteroatoms. The van der Waals surface area contributed by atoms with Crippen molar-refractivity contribution in [1.82, 2.24) is 19.9 Å². The first-order valence-electron chi connectivity index (χ1n) is 16.6. The van der Waals surface area contributed by atoms with Crippen molar-refractivity contribution in [2.75, 3.05) is 30.4 Å². The Labute approximate surface area is 300 Å². The number of hydrogen-bond acceptors (Lipinski definition) is 8. The number of aromatic nitrogens is 3. The monoisotopic (exact) mass is 715 g/mol. The van der Waals surface area contributed by atoms with E-state index in [2.05, 4.69) is 62.5 Å². The summed E-state index contributed by atoms with van der Waals surface area (Å²) in [6, 6.07) is 13.4. The Bertz CT molecular complexity index is 2010. The molecule has 0 saturated carbocycles. The number of nitrogens with one attached hydrogen (secondary N) is 2. The molecule has 0 bridgehead atoms. The van der Waals surface area contributed by atoms with Crippen LogP contribution in [0.25, 0.3) is 22.2 Å². The minimum absolute atomic E-state index is 0.0129. The van der Waals surface area contributed by atoms with Crippen molar-refractivity contribution in [3.05, 3.63) is 64.9 Å². The molecule has 50 heavy (non-hydrogen) atoms. The van der Waals surface area contributed by atoms with Crippen LogP contribution >= 0.6 is 11.6 Å². The highest BCUT2D eigenvalue weighted by atomic mass is 35.5. The number of halogens is 1. The van der Waals surface area contributed by atoms with E-state index in [1.54, 1.807) is 36.3 Å². The van der Waals surface area contributed by atoms with Crippen LogP contribution in [0.3, 0.4) is 0 Å². The Morgan fingerprint density at radius 3 is 2.48 bits per heavy atom. The standard InChI is InChI=1S/C37H46ClN7O4Si/c1-35(2,3)49-34(47)45-21-37(7,22-48-50(9,10)36(4,5)6)27-16-23(15-24(19-39)32(27)45)28-11-13-41-33(42-28)43-29-17-25(38)18-30-26(29)12-14-44(30)20-31(46)40-8/h11-18H,20-22H2,1-10H3,(H,40,46)(H,41,42,43). The van der Waals surface area contributed by atoms with Gasteiger partial charge in [0.15, 0.2) is 8.32 Å². The first kappa shape index (κ1) is 36.8. The maximum atomic E-state index is 13.6. The minimum atomic E-state index is -2.16. The van der Waals surface area contributed by atoms with Gasteiger partial charge < -0.3 is 24.4 Å². The second kappa shape index (κ2) is 13.4. The maximum absolute atomic E-state index is 13.6. The maximum Gasteiger partial charge on any atom is 0.414 e. The van der Waals surface area contributed by atoms with Gasteiger partial charge in [0.05, 0.1) is 28.1 Å². The average Bonchev–Trinajstić information content (AvgIpc) is 3.57. The molecule has 2 amide bonds. The summed E-state index contributed by atoms with van der Waals surface area (Å²) >= 11 is 6.51. The number of hydrogen-bond donors (Lipinski definition) is 2.